The zero-order valence-electron chi connectivity index (χ0n) is 17.2. The first-order chi connectivity index (χ1) is 14.3. The third-order valence-electron chi connectivity index (χ3n) is 5.07. The summed E-state index contributed by atoms with van der Waals surface area (Å²) in [6.07, 6.45) is 0. The standard InChI is InChI=1S/C21H25N3O5S/c1-22(2)17-11-9-16(10-12-17)20(25)23-13-14-24(19(15-23)21(26)29-3)30(27,28)18-7-5-4-6-8-18/h4-12,19H,13-15H2,1-3H3/t19-/m1/s1. The zero-order valence-corrected chi connectivity index (χ0v) is 18.0. The Morgan fingerprint density at radius 3 is 2.20 bits per heavy atom. The fraction of sp³-hybridized carbons (Fsp3) is 0.333. The molecule has 1 heterocycles. The summed E-state index contributed by atoms with van der Waals surface area (Å²) < 4.78 is 32.1. The second-order valence-electron chi connectivity index (χ2n) is 7.16. The highest BCUT2D eigenvalue weighted by atomic mass is 32.2. The van der Waals surface area contributed by atoms with Gasteiger partial charge in [-0.05, 0) is 36.4 Å². The lowest BCUT2D eigenvalue weighted by Crippen LogP contribution is -2.59. The molecule has 160 valence electrons. The predicted octanol–water partition coefficient (Wildman–Crippen LogP) is 1.44. The molecule has 0 aliphatic carbocycles. The molecule has 1 amide bonds. The number of amides is 1. The van der Waals surface area contributed by atoms with Gasteiger partial charge in [0.1, 0.15) is 6.04 Å². The molecule has 1 aliphatic rings. The Hall–Kier alpha value is -2.91. The van der Waals surface area contributed by atoms with Crippen LogP contribution in [0.2, 0.25) is 0 Å². The fourth-order valence-corrected chi connectivity index (χ4v) is 4.96. The molecule has 8 nitrogen and oxygen atoms in total. The van der Waals surface area contributed by atoms with E-state index in [1.807, 2.05) is 31.1 Å². The van der Waals surface area contributed by atoms with E-state index in [4.69, 9.17) is 4.74 Å². The maximum atomic E-state index is 13.1. The number of piperazine rings is 1. The molecule has 0 aromatic heterocycles. The fourth-order valence-electron chi connectivity index (χ4n) is 3.38. The van der Waals surface area contributed by atoms with Crippen molar-refractivity contribution >= 4 is 27.6 Å². The highest BCUT2D eigenvalue weighted by Crippen LogP contribution is 2.23. The van der Waals surface area contributed by atoms with Gasteiger partial charge < -0.3 is 14.5 Å². The molecular formula is C21H25N3O5S. The third-order valence-corrected chi connectivity index (χ3v) is 6.99. The van der Waals surface area contributed by atoms with Gasteiger partial charge in [0.15, 0.2) is 0 Å². The van der Waals surface area contributed by atoms with E-state index >= 15 is 0 Å². The highest BCUT2D eigenvalue weighted by Gasteiger charge is 2.42. The Labute approximate surface area is 176 Å². The van der Waals surface area contributed by atoms with Gasteiger partial charge >= 0.3 is 5.97 Å². The highest BCUT2D eigenvalue weighted by molar-refractivity contribution is 7.89. The number of rotatable bonds is 5. The average molecular weight is 432 g/mol. The van der Waals surface area contributed by atoms with Crippen LogP contribution in [0.15, 0.2) is 59.5 Å². The van der Waals surface area contributed by atoms with Crippen LogP contribution in [0.25, 0.3) is 0 Å². The van der Waals surface area contributed by atoms with Crippen LogP contribution < -0.4 is 4.90 Å². The number of hydrogen-bond acceptors (Lipinski definition) is 6. The molecule has 1 aliphatic heterocycles. The van der Waals surface area contributed by atoms with Gasteiger partial charge in [0.2, 0.25) is 10.0 Å². The van der Waals surface area contributed by atoms with Crippen molar-refractivity contribution < 1.29 is 22.7 Å². The van der Waals surface area contributed by atoms with Gasteiger partial charge in [0.05, 0.1) is 12.0 Å². The second-order valence-corrected chi connectivity index (χ2v) is 9.05. The Morgan fingerprint density at radius 1 is 1.00 bits per heavy atom. The third kappa shape index (κ3) is 4.31. The van der Waals surface area contributed by atoms with Crippen molar-refractivity contribution in [3.8, 4) is 0 Å². The molecule has 1 fully saturated rings. The molecule has 1 atom stereocenters. The van der Waals surface area contributed by atoms with Crippen LogP contribution in [0, 0.1) is 0 Å². The van der Waals surface area contributed by atoms with Crippen molar-refractivity contribution in [2.75, 3.05) is 45.7 Å². The van der Waals surface area contributed by atoms with Crippen LogP contribution >= 0.6 is 0 Å². The van der Waals surface area contributed by atoms with Gasteiger partial charge in [0, 0.05) is 45.0 Å². The Morgan fingerprint density at radius 2 is 1.63 bits per heavy atom. The quantitative estimate of drug-likeness (QED) is 0.666. The van der Waals surface area contributed by atoms with Gasteiger partial charge in [-0.15, -0.1) is 0 Å². The first-order valence-corrected chi connectivity index (χ1v) is 10.9. The normalized spacial score (nSPS) is 17.4. The first kappa shape index (κ1) is 21.8. The van der Waals surface area contributed by atoms with Crippen LogP contribution in [0.5, 0.6) is 0 Å². The molecule has 0 bridgehead atoms. The maximum Gasteiger partial charge on any atom is 0.326 e. The SMILES string of the molecule is COC(=O)[C@H]1CN(C(=O)c2ccc(N(C)C)cc2)CCN1S(=O)(=O)c1ccccc1. The van der Waals surface area contributed by atoms with E-state index in [-0.39, 0.29) is 30.4 Å². The lowest BCUT2D eigenvalue weighted by molar-refractivity contribution is -0.146. The molecule has 0 saturated carbocycles. The van der Waals surface area contributed by atoms with E-state index in [2.05, 4.69) is 0 Å². The summed E-state index contributed by atoms with van der Waals surface area (Å²) in [5, 5.41) is 0. The summed E-state index contributed by atoms with van der Waals surface area (Å²) in [6.45, 7) is 0.0966. The van der Waals surface area contributed by atoms with E-state index in [9.17, 15) is 18.0 Å². The van der Waals surface area contributed by atoms with Crippen LogP contribution in [0.1, 0.15) is 10.4 Å². The molecule has 0 unspecified atom stereocenters. The minimum absolute atomic E-state index is 0.00147. The van der Waals surface area contributed by atoms with Gasteiger partial charge in [-0.3, -0.25) is 9.59 Å². The first-order valence-electron chi connectivity index (χ1n) is 9.47. The van der Waals surface area contributed by atoms with E-state index in [0.717, 1.165) is 9.99 Å². The number of anilines is 1. The Bertz CT molecular complexity index is 1010. The van der Waals surface area contributed by atoms with Crippen molar-refractivity contribution in [1.82, 2.24) is 9.21 Å². The summed E-state index contributed by atoms with van der Waals surface area (Å²) in [4.78, 5) is 28.9. The number of benzene rings is 2. The van der Waals surface area contributed by atoms with Crippen LogP contribution in [-0.2, 0) is 19.6 Å². The molecule has 0 spiro atoms. The van der Waals surface area contributed by atoms with Crippen molar-refractivity contribution in [3.05, 3.63) is 60.2 Å². The zero-order chi connectivity index (χ0) is 21.9. The van der Waals surface area contributed by atoms with Crippen LogP contribution in [-0.4, -0.2) is 76.4 Å². The Balaban J connectivity index is 1.84. The number of carbonyl (C=O) groups is 2. The van der Waals surface area contributed by atoms with Gasteiger partial charge in [-0.25, -0.2) is 8.42 Å². The van der Waals surface area contributed by atoms with Crippen LogP contribution in [0.3, 0.4) is 0 Å². The number of sulfonamides is 1. The summed E-state index contributed by atoms with van der Waals surface area (Å²) in [6, 6.07) is 13.9. The summed E-state index contributed by atoms with van der Waals surface area (Å²) >= 11 is 0. The molecule has 0 radical (unpaired) electrons. The number of nitrogens with zero attached hydrogens (tertiary/aromatic N) is 3. The molecule has 3 rings (SSSR count). The van der Waals surface area contributed by atoms with E-state index in [1.165, 1.54) is 24.1 Å². The minimum atomic E-state index is -3.91. The topological polar surface area (TPSA) is 87.2 Å². The van der Waals surface area contributed by atoms with Crippen molar-refractivity contribution in [2.24, 2.45) is 0 Å². The van der Waals surface area contributed by atoms with E-state index in [0.29, 0.717) is 5.56 Å². The summed E-state index contributed by atoms with van der Waals surface area (Å²) in [7, 11) is 1.11. The molecular weight excluding hydrogens is 406 g/mol. The molecule has 2 aromatic rings. The smallest absolute Gasteiger partial charge is 0.326 e. The van der Waals surface area contributed by atoms with Crippen LogP contribution in [0.4, 0.5) is 5.69 Å². The van der Waals surface area contributed by atoms with Gasteiger partial charge in [-0.1, -0.05) is 18.2 Å². The van der Waals surface area contributed by atoms with Crippen molar-refractivity contribution in [1.29, 1.82) is 0 Å². The average Bonchev–Trinajstić information content (AvgIpc) is 2.78. The van der Waals surface area contributed by atoms with Gasteiger partial charge in [0.25, 0.3) is 5.91 Å². The van der Waals surface area contributed by atoms with Crippen molar-refractivity contribution in [2.45, 2.75) is 10.9 Å². The molecule has 1 saturated heterocycles. The lowest BCUT2D eigenvalue weighted by atomic mass is 10.1. The van der Waals surface area contributed by atoms with Crippen molar-refractivity contribution in [3.63, 3.8) is 0 Å². The number of methoxy groups -OCH3 is 1. The number of hydrogen-bond donors (Lipinski definition) is 0. The van der Waals surface area contributed by atoms with E-state index < -0.39 is 22.0 Å². The number of esters is 1. The minimum Gasteiger partial charge on any atom is -0.468 e. The predicted molar refractivity (Wildman–Crippen MR) is 113 cm³/mol. The van der Waals surface area contributed by atoms with E-state index in [1.54, 1.807) is 30.3 Å². The largest absolute Gasteiger partial charge is 0.468 e. The monoisotopic (exact) mass is 431 g/mol. The maximum absolute atomic E-state index is 13.1. The molecule has 9 heteroatoms. The van der Waals surface area contributed by atoms with Gasteiger partial charge in [-0.2, -0.15) is 4.31 Å². The summed E-state index contributed by atoms with van der Waals surface area (Å²) in [5.74, 6) is -0.957. The Kier molecular flexibility index (Phi) is 6.42. The summed E-state index contributed by atoms with van der Waals surface area (Å²) in [5.41, 5.74) is 1.43. The molecule has 30 heavy (non-hydrogen) atoms. The molecule has 0 N–H and O–H groups in total. The number of ether oxygens (including phenoxy) is 1. The molecule has 2 aromatic carbocycles. The lowest BCUT2D eigenvalue weighted by Gasteiger charge is -2.39. The second kappa shape index (κ2) is 8.85. The number of carbonyl (C=O) groups excluding carboxylic acids is 2.